The second-order valence-electron chi connectivity index (χ2n) is 6.00. The minimum atomic E-state index is 0.250. The summed E-state index contributed by atoms with van der Waals surface area (Å²) in [6.45, 7) is 6.03. The summed E-state index contributed by atoms with van der Waals surface area (Å²) in [4.78, 5) is 19.2. The first-order valence-corrected chi connectivity index (χ1v) is 8.04. The molecule has 3 rings (SSSR count). The van der Waals surface area contributed by atoms with Crippen molar-refractivity contribution in [2.24, 2.45) is 5.92 Å². The highest BCUT2D eigenvalue weighted by Crippen LogP contribution is 2.32. The van der Waals surface area contributed by atoms with Gasteiger partial charge in [-0.1, -0.05) is 6.92 Å². The van der Waals surface area contributed by atoms with Crippen molar-refractivity contribution in [3.63, 3.8) is 0 Å². The fourth-order valence-electron chi connectivity index (χ4n) is 2.98. The van der Waals surface area contributed by atoms with E-state index in [1.54, 1.807) is 11.3 Å². The van der Waals surface area contributed by atoms with E-state index in [4.69, 9.17) is 0 Å². The van der Waals surface area contributed by atoms with E-state index in [2.05, 4.69) is 24.9 Å². The van der Waals surface area contributed by atoms with Crippen LogP contribution in [0, 0.1) is 5.92 Å². The van der Waals surface area contributed by atoms with Gasteiger partial charge in [-0.15, -0.1) is 11.3 Å². The average Bonchev–Trinajstić information content (AvgIpc) is 2.81. The number of carbonyl (C=O) groups is 1. The number of carbonyl (C=O) groups excluding carboxylic acids is 1. The maximum Gasteiger partial charge on any atom is 0.264 e. The number of likely N-dealkylation sites (N-methyl/N-ethyl adjacent to an activating group) is 1. The minimum absolute atomic E-state index is 0.250. The van der Waals surface area contributed by atoms with Crippen LogP contribution < -0.4 is 0 Å². The smallest absolute Gasteiger partial charge is 0.264 e. The van der Waals surface area contributed by atoms with Gasteiger partial charge in [-0.2, -0.15) is 0 Å². The largest absolute Gasteiger partial charge is 0.335 e. The van der Waals surface area contributed by atoms with Gasteiger partial charge in [-0.3, -0.25) is 4.79 Å². The van der Waals surface area contributed by atoms with Gasteiger partial charge in [0.25, 0.3) is 5.91 Å². The van der Waals surface area contributed by atoms with Crippen LogP contribution in [0.5, 0.6) is 0 Å². The van der Waals surface area contributed by atoms with Gasteiger partial charge in [-0.25, -0.2) is 0 Å². The molecule has 1 aliphatic heterocycles. The fraction of sp³-hybridized carbons (Fsp3) is 0.667. The van der Waals surface area contributed by atoms with Gasteiger partial charge in [-0.05, 0) is 43.9 Å². The summed E-state index contributed by atoms with van der Waals surface area (Å²) < 4.78 is 0. The third kappa shape index (κ3) is 2.70. The molecular weight excluding hydrogens is 256 g/mol. The van der Waals surface area contributed by atoms with E-state index in [0.717, 1.165) is 49.8 Å². The predicted octanol–water partition coefficient (Wildman–Crippen LogP) is 2.26. The third-order valence-electron chi connectivity index (χ3n) is 4.33. The van der Waals surface area contributed by atoms with Crippen molar-refractivity contribution in [2.75, 3.05) is 33.2 Å². The van der Waals surface area contributed by atoms with E-state index in [0.29, 0.717) is 0 Å². The lowest BCUT2D eigenvalue weighted by Gasteiger charge is -2.32. The molecule has 1 atom stereocenters. The van der Waals surface area contributed by atoms with Gasteiger partial charge in [0.1, 0.15) is 0 Å². The summed E-state index contributed by atoms with van der Waals surface area (Å²) in [6.07, 6.45) is 3.59. The highest BCUT2D eigenvalue weighted by atomic mass is 32.1. The molecule has 2 aliphatic rings. The van der Waals surface area contributed by atoms with E-state index in [1.807, 2.05) is 4.90 Å². The van der Waals surface area contributed by atoms with Crippen LogP contribution in [0.3, 0.4) is 0 Å². The van der Waals surface area contributed by atoms with Crippen LogP contribution in [0.4, 0.5) is 0 Å². The maximum absolute atomic E-state index is 12.5. The Morgan fingerprint density at radius 3 is 2.79 bits per heavy atom. The quantitative estimate of drug-likeness (QED) is 0.787. The van der Waals surface area contributed by atoms with E-state index in [1.165, 1.54) is 16.9 Å². The first kappa shape index (κ1) is 13.1. The molecule has 1 aromatic rings. The van der Waals surface area contributed by atoms with Crippen LogP contribution in [0.25, 0.3) is 0 Å². The zero-order valence-electron chi connectivity index (χ0n) is 11.8. The Bertz CT molecular complexity index is 474. The standard InChI is InChI=1S/C15H22N2OS/c1-11-3-4-13-12(9-11)10-14(19-13)15(18)17-7-5-16(2)6-8-17/h10-11H,3-9H2,1-2H3. The molecule has 1 unspecified atom stereocenters. The summed E-state index contributed by atoms with van der Waals surface area (Å²) in [5.41, 5.74) is 1.43. The van der Waals surface area contributed by atoms with E-state index in [9.17, 15) is 4.79 Å². The summed E-state index contributed by atoms with van der Waals surface area (Å²) >= 11 is 1.74. The van der Waals surface area contributed by atoms with Gasteiger partial charge in [0.2, 0.25) is 0 Å². The Labute approximate surface area is 119 Å². The highest BCUT2D eigenvalue weighted by Gasteiger charge is 2.25. The number of aryl methyl sites for hydroxylation is 1. The Hall–Kier alpha value is -0.870. The normalized spacial score (nSPS) is 24.3. The number of hydrogen-bond donors (Lipinski definition) is 0. The van der Waals surface area contributed by atoms with Crippen LogP contribution in [-0.2, 0) is 12.8 Å². The molecule has 104 valence electrons. The molecule has 1 saturated heterocycles. The lowest BCUT2D eigenvalue weighted by atomic mass is 9.90. The van der Waals surface area contributed by atoms with Crippen LogP contribution in [0.1, 0.15) is 33.5 Å². The lowest BCUT2D eigenvalue weighted by Crippen LogP contribution is -2.46. The van der Waals surface area contributed by atoms with Crippen molar-refractivity contribution in [1.29, 1.82) is 0 Å². The molecule has 1 aliphatic carbocycles. The fourth-order valence-corrected chi connectivity index (χ4v) is 4.15. The monoisotopic (exact) mass is 278 g/mol. The average molecular weight is 278 g/mol. The molecule has 1 fully saturated rings. The molecule has 0 bridgehead atoms. The van der Waals surface area contributed by atoms with Crippen molar-refractivity contribution in [1.82, 2.24) is 9.80 Å². The first-order chi connectivity index (χ1) is 9.13. The van der Waals surface area contributed by atoms with Crippen molar-refractivity contribution in [3.8, 4) is 0 Å². The lowest BCUT2D eigenvalue weighted by molar-refractivity contribution is 0.0669. The van der Waals surface area contributed by atoms with Crippen LogP contribution in [0.2, 0.25) is 0 Å². The molecule has 1 amide bonds. The number of nitrogens with zero attached hydrogens (tertiary/aromatic N) is 2. The zero-order chi connectivity index (χ0) is 13.4. The van der Waals surface area contributed by atoms with Crippen LogP contribution >= 0.6 is 11.3 Å². The predicted molar refractivity (Wildman–Crippen MR) is 78.9 cm³/mol. The summed E-state index contributed by atoms with van der Waals surface area (Å²) in [5.74, 6) is 1.02. The molecule has 0 spiro atoms. The van der Waals surface area contributed by atoms with Crippen molar-refractivity contribution in [2.45, 2.75) is 26.2 Å². The maximum atomic E-state index is 12.5. The van der Waals surface area contributed by atoms with Gasteiger partial charge >= 0.3 is 0 Å². The van der Waals surface area contributed by atoms with Crippen molar-refractivity contribution >= 4 is 17.2 Å². The number of hydrogen-bond acceptors (Lipinski definition) is 3. The van der Waals surface area contributed by atoms with Crippen LogP contribution in [0.15, 0.2) is 6.07 Å². The molecule has 0 N–H and O–H groups in total. The molecular formula is C15H22N2OS. The van der Waals surface area contributed by atoms with E-state index >= 15 is 0 Å². The number of amides is 1. The van der Waals surface area contributed by atoms with Crippen LogP contribution in [-0.4, -0.2) is 48.9 Å². The van der Waals surface area contributed by atoms with Gasteiger partial charge in [0, 0.05) is 31.1 Å². The zero-order valence-corrected chi connectivity index (χ0v) is 12.6. The summed E-state index contributed by atoms with van der Waals surface area (Å²) in [7, 11) is 2.12. The molecule has 0 aromatic carbocycles. The molecule has 3 nitrogen and oxygen atoms in total. The van der Waals surface area contributed by atoms with E-state index < -0.39 is 0 Å². The molecule has 19 heavy (non-hydrogen) atoms. The molecule has 2 heterocycles. The molecule has 1 aromatic heterocycles. The van der Waals surface area contributed by atoms with Gasteiger partial charge in [0.15, 0.2) is 0 Å². The van der Waals surface area contributed by atoms with Crippen molar-refractivity contribution in [3.05, 3.63) is 21.4 Å². The SMILES string of the molecule is CC1CCc2sc(C(=O)N3CCN(C)CC3)cc2C1. The minimum Gasteiger partial charge on any atom is -0.335 e. The Morgan fingerprint density at radius 1 is 1.32 bits per heavy atom. The number of thiophene rings is 1. The Morgan fingerprint density at radius 2 is 2.05 bits per heavy atom. The molecule has 0 saturated carbocycles. The summed E-state index contributed by atoms with van der Waals surface area (Å²) in [6, 6.07) is 2.16. The van der Waals surface area contributed by atoms with E-state index in [-0.39, 0.29) is 5.91 Å². The number of fused-ring (bicyclic) bond motifs is 1. The van der Waals surface area contributed by atoms with Crippen molar-refractivity contribution < 1.29 is 4.79 Å². The molecule has 4 heteroatoms. The number of rotatable bonds is 1. The first-order valence-electron chi connectivity index (χ1n) is 7.23. The second kappa shape index (κ2) is 5.25. The molecule has 0 radical (unpaired) electrons. The van der Waals surface area contributed by atoms with Gasteiger partial charge in [0.05, 0.1) is 4.88 Å². The van der Waals surface area contributed by atoms with Gasteiger partial charge < -0.3 is 9.80 Å². The summed E-state index contributed by atoms with van der Waals surface area (Å²) in [5, 5.41) is 0. The number of piperazine rings is 1. The highest BCUT2D eigenvalue weighted by molar-refractivity contribution is 7.14. The second-order valence-corrected chi connectivity index (χ2v) is 7.14. The third-order valence-corrected chi connectivity index (χ3v) is 5.56. The Kier molecular flexibility index (Phi) is 3.63. The Balaban J connectivity index is 1.74. The topological polar surface area (TPSA) is 23.6 Å².